The zero-order chi connectivity index (χ0) is 8.41. The Balaban J connectivity index is 4.78. The number of halogens is 3. The van der Waals surface area contributed by atoms with Gasteiger partial charge in [0.15, 0.2) is 0 Å². The van der Waals surface area contributed by atoms with Crippen LogP contribution in [0.25, 0.3) is 0 Å². The molecular formula is C4H5F3O2S. The summed E-state index contributed by atoms with van der Waals surface area (Å²) in [5.74, 6) is 0. The summed E-state index contributed by atoms with van der Waals surface area (Å²) in [7, 11) is -5.03. The summed E-state index contributed by atoms with van der Waals surface area (Å²) in [4.78, 5) is 0. The zero-order valence-corrected chi connectivity index (χ0v) is 5.83. The third kappa shape index (κ3) is 2.02. The molecule has 0 aromatic heterocycles. The van der Waals surface area contributed by atoms with Gasteiger partial charge in [0.2, 0.25) is 0 Å². The summed E-state index contributed by atoms with van der Waals surface area (Å²) in [5.41, 5.74) is -5.17. The minimum atomic E-state index is -5.17. The van der Waals surface area contributed by atoms with Crippen LogP contribution >= 0.6 is 0 Å². The van der Waals surface area contributed by atoms with Crippen LogP contribution in [0.2, 0.25) is 0 Å². The Hall–Kier alpha value is -0.520. The van der Waals surface area contributed by atoms with Crippen LogP contribution in [-0.4, -0.2) is 13.9 Å². The van der Waals surface area contributed by atoms with Crippen molar-refractivity contribution >= 4 is 9.84 Å². The second-order valence-electron chi connectivity index (χ2n) is 1.46. The van der Waals surface area contributed by atoms with E-state index in [-0.39, 0.29) is 5.41 Å². The average Bonchev–Trinajstić information content (AvgIpc) is 1.61. The smallest absolute Gasteiger partial charge is 0.215 e. The van der Waals surface area contributed by atoms with Gasteiger partial charge < -0.3 is 0 Å². The molecule has 60 valence electrons. The summed E-state index contributed by atoms with van der Waals surface area (Å²) in [6.45, 7) is 1.20. The highest BCUT2D eigenvalue weighted by atomic mass is 32.2. The topological polar surface area (TPSA) is 34.1 Å². The lowest BCUT2D eigenvalue weighted by molar-refractivity contribution is -0.0423. The molecule has 0 rings (SSSR count). The van der Waals surface area contributed by atoms with Crippen LogP contribution in [0.15, 0.2) is 11.5 Å². The van der Waals surface area contributed by atoms with E-state index in [9.17, 15) is 21.6 Å². The normalized spacial score (nSPS) is 14.4. The van der Waals surface area contributed by atoms with Gasteiger partial charge in [-0.1, -0.05) is 6.08 Å². The van der Waals surface area contributed by atoms with Crippen molar-refractivity contribution in [3.8, 4) is 0 Å². The largest absolute Gasteiger partial charge is 0.501 e. The maximum Gasteiger partial charge on any atom is 0.501 e. The Morgan fingerprint density at radius 3 is 1.80 bits per heavy atom. The van der Waals surface area contributed by atoms with Gasteiger partial charge in [-0.05, 0) is 6.92 Å². The number of allylic oxidation sites excluding steroid dienone is 1. The Bertz CT molecular complexity index is 223. The van der Waals surface area contributed by atoms with E-state index in [1.54, 1.807) is 0 Å². The van der Waals surface area contributed by atoms with Crippen molar-refractivity contribution in [1.82, 2.24) is 0 Å². The minimum Gasteiger partial charge on any atom is -0.215 e. The first kappa shape index (κ1) is 9.48. The molecule has 0 heterocycles. The number of hydrogen-bond donors (Lipinski definition) is 0. The van der Waals surface area contributed by atoms with E-state index in [1.807, 2.05) is 0 Å². The number of rotatable bonds is 1. The monoisotopic (exact) mass is 174 g/mol. The molecule has 0 aliphatic rings. The van der Waals surface area contributed by atoms with Crippen molar-refractivity contribution in [3.05, 3.63) is 11.5 Å². The second kappa shape index (κ2) is 2.61. The van der Waals surface area contributed by atoms with Crippen LogP contribution < -0.4 is 0 Å². The second-order valence-corrected chi connectivity index (χ2v) is 3.29. The number of alkyl halides is 3. The van der Waals surface area contributed by atoms with Gasteiger partial charge in [0.25, 0.3) is 9.84 Å². The summed E-state index contributed by atoms with van der Waals surface area (Å²) in [5, 5.41) is 0.118. The van der Waals surface area contributed by atoms with E-state index in [4.69, 9.17) is 0 Å². The van der Waals surface area contributed by atoms with E-state index >= 15 is 0 Å². The molecule has 0 aliphatic carbocycles. The average molecular weight is 174 g/mol. The van der Waals surface area contributed by atoms with Gasteiger partial charge in [-0.25, -0.2) is 8.42 Å². The van der Waals surface area contributed by atoms with E-state index in [1.165, 1.54) is 6.92 Å². The van der Waals surface area contributed by atoms with Crippen molar-refractivity contribution in [2.45, 2.75) is 12.4 Å². The van der Waals surface area contributed by atoms with Gasteiger partial charge >= 0.3 is 5.51 Å². The summed E-state index contributed by atoms with van der Waals surface area (Å²) in [6.07, 6.45) is 0.822. The first-order valence-electron chi connectivity index (χ1n) is 2.25. The fourth-order valence-electron chi connectivity index (χ4n) is 0.256. The van der Waals surface area contributed by atoms with Crippen LogP contribution in [0.5, 0.6) is 0 Å². The SMILES string of the molecule is CC=CS(=O)(=O)C(F)(F)F. The van der Waals surface area contributed by atoms with Crippen LogP contribution in [0.1, 0.15) is 6.92 Å². The third-order valence-corrected chi connectivity index (χ3v) is 1.91. The van der Waals surface area contributed by atoms with Crippen molar-refractivity contribution in [2.75, 3.05) is 0 Å². The van der Waals surface area contributed by atoms with Crippen LogP contribution in [0.4, 0.5) is 13.2 Å². The summed E-state index contributed by atoms with van der Waals surface area (Å²) >= 11 is 0. The fraction of sp³-hybridized carbons (Fsp3) is 0.500. The molecule has 0 bridgehead atoms. The molecule has 0 spiro atoms. The maximum absolute atomic E-state index is 11.4. The van der Waals surface area contributed by atoms with Crippen LogP contribution in [0, 0.1) is 0 Å². The minimum absolute atomic E-state index is 0.118. The Morgan fingerprint density at radius 1 is 1.30 bits per heavy atom. The van der Waals surface area contributed by atoms with E-state index in [2.05, 4.69) is 0 Å². The summed E-state index contributed by atoms with van der Waals surface area (Å²) < 4.78 is 54.2. The first-order chi connectivity index (χ1) is 4.31. The molecule has 0 atom stereocenters. The van der Waals surface area contributed by atoms with Gasteiger partial charge in [-0.3, -0.25) is 0 Å². The van der Waals surface area contributed by atoms with Crippen LogP contribution in [-0.2, 0) is 9.84 Å². The summed E-state index contributed by atoms with van der Waals surface area (Å²) in [6, 6.07) is 0. The Kier molecular flexibility index (Phi) is 2.48. The Labute approximate surface area is 56.3 Å². The quantitative estimate of drug-likeness (QED) is 0.603. The number of hydrogen-bond acceptors (Lipinski definition) is 2. The van der Waals surface area contributed by atoms with Gasteiger partial charge in [0.05, 0.1) is 0 Å². The molecule has 0 radical (unpaired) electrons. The maximum atomic E-state index is 11.4. The molecule has 6 heteroatoms. The zero-order valence-electron chi connectivity index (χ0n) is 5.01. The predicted octanol–water partition coefficient (Wildman–Crippen LogP) is 1.45. The van der Waals surface area contributed by atoms with E-state index < -0.39 is 15.3 Å². The van der Waals surface area contributed by atoms with Gasteiger partial charge in [-0.15, -0.1) is 0 Å². The molecule has 0 saturated heterocycles. The van der Waals surface area contributed by atoms with Crippen molar-refractivity contribution in [1.29, 1.82) is 0 Å². The van der Waals surface area contributed by atoms with Crippen molar-refractivity contribution in [2.24, 2.45) is 0 Å². The third-order valence-electron chi connectivity index (χ3n) is 0.638. The lowest BCUT2D eigenvalue weighted by atomic mass is 10.8. The standard InChI is InChI=1S/C4H5F3O2S/c1-2-3-10(8,9)4(5,6)7/h2-3H,1H3. The fourth-order valence-corrected chi connectivity index (χ4v) is 0.769. The van der Waals surface area contributed by atoms with Gasteiger partial charge in [0, 0.05) is 5.41 Å². The van der Waals surface area contributed by atoms with Crippen LogP contribution in [0.3, 0.4) is 0 Å². The number of sulfone groups is 1. The predicted molar refractivity (Wildman–Crippen MR) is 29.8 cm³/mol. The molecule has 0 aromatic carbocycles. The molecule has 0 saturated carbocycles. The first-order valence-corrected chi connectivity index (χ1v) is 3.80. The molecule has 10 heavy (non-hydrogen) atoms. The van der Waals surface area contributed by atoms with Crippen molar-refractivity contribution in [3.63, 3.8) is 0 Å². The van der Waals surface area contributed by atoms with Crippen molar-refractivity contribution < 1.29 is 21.6 Å². The lowest BCUT2D eigenvalue weighted by Crippen LogP contribution is -2.20. The molecule has 2 nitrogen and oxygen atoms in total. The highest BCUT2D eigenvalue weighted by Gasteiger charge is 2.43. The molecule has 0 aromatic rings. The van der Waals surface area contributed by atoms with E-state index in [0.29, 0.717) is 0 Å². The molecule has 0 fully saturated rings. The molecular weight excluding hydrogens is 169 g/mol. The highest BCUT2D eigenvalue weighted by molar-refractivity contribution is 7.95. The highest BCUT2D eigenvalue weighted by Crippen LogP contribution is 2.24. The van der Waals surface area contributed by atoms with E-state index in [0.717, 1.165) is 6.08 Å². The molecule has 0 unspecified atom stereocenters. The molecule has 0 N–H and O–H groups in total. The molecule has 0 amide bonds. The van der Waals surface area contributed by atoms with Gasteiger partial charge in [-0.2, -0.15) is 13.2 Å². The Morgan fingerprint density at radius 2 is 1.70 bits per heavy atom. The molecule has 0 aliphatic heterocycles. The van der Waals surface area contributed by atoms with Gasteiger partial charge in [0.1, 0.15) is 0 Å². The lowest BCUT2D eigenvalue weighted by Gasteiger charge is -2.01.